The van der Waals surface area contributed by atoms with E-state index in [9.17, 15) is 4.79 Å². The van der Waals surface area contributed by atoms with E-state index >= 15 is 0 Å². The quantitative estimate of drug-likeness (QED) is 0.862. The molecule has 7 nitrogen and oxygen atoms in total. The van der Waals surface area contributed by atoms with Gasteiger partial charge in [0.25, 0.3) is 0 Å². The Bertz CT molecular complexity index is 595. The molecule has 106 valence electrons. The van der Waals surface area contributed by atoms with Crippen LogP contribution in [-0.4, -0.2) is 30.8 Å². The molecule has 0 saturated heterocycles. The van der Waals surface area contributed by atoms with Crippen molar-refractivity contribution in [2.45, 2.75) is 27.0 Å². The van der Waals surface area contributed by atoms with Crippen LogP contribution in [0.1, 0.15) is 30.0 Å². The first-order valence-corrected chi connectivity index (χ1v) is 6.24. The molecule has 0 fully saturated rings. The molecule has 2 rings (SSSR count). The van der Waals surface area contributed by atoms with E-state index in [4.69, 9.17) is 9.84 Å². The van der Waals surface area contributed by atoms with Crippen molar-refractivity contribution < 1.29 is 14.6 Å². The summed E-state index contributed by atoms with van der Waals surface area (Å²) < 4.78 is 7.29. The number of ether oxygens (including phenoxy) is 1. The highest BCUT2D eigenvalue weighted by molar-refractivity contribution is 5.87. The first kappa shape index (κ1) is 14.0. The van der Waals surface area contributed by atoms with Gasteiger partial charge in [-0.25, -0.2) is 14.5 Å². The van der Waals surface area contributed by atoms with E-state index in [0.717, 1.165) is 6.54 Å². The van der Waals surface area contributed by atoms with Crippen LogP contribution in [0.2, 0.25) is 0 Å². The number of carboxylic acids is 1. The first-order valence-electron chi connectivity index (χ1n) is 6.24. The van der Waals surface area contributed by atoms with Gasteiger partial charge in [0.05, 0.1) is 11.8 Å². The fourth-order valence-electron chi connectivity index (χ4n) is 1.66. The SMILES string of the molecule is CC(C)Cn1ncnc1COc1cncc(C(=O)O)c1. The first-order chi connectivity index (χ1) is 9.56. The van der Waals surface area contributed by atoms with Crippen LogP contribution in [0.5, 0.6) is 5.75 Å². The van der Waals surface area contributed by atoms with Crippen molar-refractivity contribution >= 4 is 5.97 Å². The van der Waals surface area contributed by atoms with E-state index in [1.165, 1.54) is 24.8 Å². The lowest BCUT2D eigenvalue weighted by Crippen LogP contribution is -2.12. The van der Waals surface area contributed by atoms with Crippen molar-refractivity contribution in [1.29, 1.82) is 0 Å². The number of carbonyl (C=O) groups is 1. The normalized spacial score (nSPS) is 10.8. The third-order valence-corrected chi connectivity index (χ3v) is 2.56. The highest BCUT2D eigenvalue weighted by Gasteiger charge is 2.09. The summed E-state index contributed by atoms with van der Waals surface area (Å²) >= 11 is 0. The van der Waals surface area contributed by atoms with Crippen molar-refractivity contribution in [2.24, 2.45) is 5.92 Å². The number of hydrogen-bond acceptors (Lipinski definition) is 5. The van der Waals surface area contributed by atoms with Crippen LogP contribution in [0.4, 0.5) is 0 Å². The average Bonchev–Trinajstić information content (AvgIpc) is 2.83. The predicted octanol–water partition coefficient (Wildman–Crippen LogP) is 1.61. The molecule has 0 saturated carbocycles. The van der Waals surface area contributed by atoms with Gasteiger partial charge in [-0.05, 0) is 12.0 Å². The molecule has 20 heavy (non-hydrogen) atoms. The van der Waals surface area contributed by atoms with E-state index in [1.54, 1.807) is 4.68 Å². The monoisotopic (exact) mass is 276 g/mol. The van der Waals surface area contributed by atoms with Gasteiger partial charge >= 0.3 is 5.97 Å². The molecular weight excluding hydrogens is 260 g/mol. The Morgan fingerprint density at radius 1 is 1.45 bits per heavy atom. The molecule has 0 aliphatic carbocycles. The zero-order valence-electron chi connectivity index (χ0n) is 11.4. The van der Waals surface area contributed by atoms with Crippen LogP contribution in [0.15, 0.2) is 24.8 Å². The summed E-state index contributed by atoms with van der Waals surface area (Å²) in [5, 5.41) is 13.0. The zero-order chi connectivity index (χ0) is 14.5. The van der Waals surface area contributed by atoms with Gasteiger partial charge < -0.3 is 9.84 Å². The van der Waals surface area contributed by atoms with Gasteiger partial charge in [-0.3, -0.25) is 4.98 Å². The van der Waals surface area contributed by atoms with Crippen molar-refractivity contribution in [3.63, 3.8) is 0 Å². The van der Waals surface area contributed by atoms with Gasteiger partial charge in [0.2, 0.25) is 0 Å². The largest absolute Gasteiger partial charge is 0.484 e. The van der Waals surface area contributed by atoms with Crippen LogP contribution in [0, 0.1) is 5.92 Å². The van der Waals surface area contributed by atoms with E-state index in [-0.39, 0.29) is 12.2 Å². The standard InChI is InChI=1S/C13H16N4O3/c1-9(2)6-17-12(15-8-16-17)7-20-11-3-10(13(18)19)4-14-5-11/h3-5,8-9H,6-7H2,1-2H3,(H,18,19). The highest BCUT2D eigenvalue weighted by Crippen LogP contribution is 2.13. The van der Waals surface area contributed by atoms with Crippen LogP contribution in [0.25, 0.3) is 0 Å². The molecule has 0 spiro atoms. The van der Waals surface area contributed by atoms with Crippen LogP contribution >= 0.6 is 0 Å². The second-order valence-electron chi connectivity index (χ2n) is 4.76. The fourth-order valence-corrected chi connectivity index (χ4v) is 1.66. The summed E-state index contributed by atoms with van der Waals surface area (Å²) in [5.41, 5.74) is 0.0890. The zero-order valence-corrected chi connectivity index (χ0v) is 11.4. The molecule has 0 radical (unpaired) electrons. The predicted molar refractivity (Wildman–Crippen MR) is 70.4 cm³/mol. The second-order valence-corrected chi connectivity index (χ2v) is 4.76. The number of aromatic nitrogens is 4. The Morgan fingerprint density at radius 2 is 2.25 bits per heavy atom. The van der Waals surface area contributed by atoms with E-state index in [0.29, 0.717) is 17.5 Å². The lowest BCUT2D eigenvalue weighted by molar-refractivity contribution is 0.0696. The van der Waals surface area contributed by atoms with Gasteiger partial charge in [-0.2, -0.15) is 5.10 Å². The fraction of sp³-hybridized carbons (Fsp3) is 0.385. The molecule has 0 aliphatic rings. The minimum Gasteiger partial charge on any atom is -0.484 e. The minimum atomic E-state index is -1.04. The Labute approximate surface area is 116 Å². The topological polar surface area (TPSA) is 90.1 Å². The molecule has 0 aliphatic heterocycles. The Morgan fingerprint density at radius 3 is 2.95 bits per heavy atom. The third-order valence-electron chi connectivity index (χ3n) is 2.56. The summed E-state index contributed by atoms with van der Waals surface area (Å²) in [4.78, 5) is 18.8. The average molecular weight is 276 g/mol. The maximum Gasteiger partial charge on any atom is 0.337 e. The molecule has 0 amide bonds. The molecule has 2 heterocycles. The maximum absolute atomic E-state index is 10.8. The van der Waals surface area contributed by atoms with Crippen LogP contribution in [0.3, 0.4) is 0 Å². The van der Waals surface area contributed by atoms with Crippen LogP contribution < -0.4 is 4.74 Å². The van der Waals surface area contributed by atoms with E-state index in [1.807, 2.05) is 0 Å². The molecule has 7 heteroatoms. The number of rotatable bonds is 6. The van der Waals surface area contributed by atoms with Gasteiger partial charge in [0.15, 0.2) is 5.82 Å². The van der Waals surface area contributed by atoms with Gasteiger partial charge in [-0.1, -0.05) is 13.8 Å². The Kier molecular flexibility index (Phi) is 4.29. The number of aromatic carboxylic acids is 1. The molecule has 2 aromatic rings. The smallest absolute Gasteiger partial charge is 0.337 e. The van der Waals surface area contributed by atoms with Crippen molar-refractivity contribution in [3.05, 3.63) is 36.2 Å². The lowest BCUT2D eigenvalue weighted by atomic mass is 10.2. The van der Waals surface area contributed by atoms with Crippen molar-refractivity contribution in [2.75, 3.05) is 0 Å². The van der Waals surface area contributed by atoms with Crippen LogP contribution in [-0.2, 0) is 13.2 Å². The Hall–Kier alpha value is -2.44. The summed E-state index contributed by atoms with van der Waals surface area (Å²) in [5.74, 6) is 0.502. The number of hydrogen-bond donors (Lipinski definition) is 1. The molecule has 0 unspecified atom stereocenters. The molecule has 1 N–H and O–H groups in total. The van der Waals surface area contributed by atoms with Crippen molar-refractivity contribution in [3.8, 4) is 5.75 Å². The second kappa shape index (κ2) is 6.14. The molecular formula is C13H16N4O3. The molecule has 2 aromatic heterocycles. The van der Waals surface area contributed by atoms with Crippen molar-refractivity contribution in [1.82, 2.24) is 19.7 Å². The highest BCUT2D eigenvalue weighted by atomic mass is 16.5. The van der Waals surface area contributed by atoms with E-state index < -0.39 is 5.97 Å². The molecule has 0 bridgehead atoms. The van der Waals surface area contributed by atoms with E-state index in [2.05, 4.69) is 28.9 Å². The summed E-state index contributed by atoms with van der Waals surface area (Å²) in [7, 11) is 0. The number of nitrogens with zero attached hydrogens (tertiary/aromatic N) is 4. The van der Waals surface area contributed by atoms with Gasteiger partial charge in [-0.15, -0.1) is 0 Å². The lowest BCUT2D eigenvalue weighted by Gasteiger charge is -2.09. The molecule has 0 aromatic carbocycles. The van der Waals surface area contributed by atoms with Gasteiger partial charge in [0, 0.05) is 12.7 Å². The Balaban J connectivity index is 2.03. The summed E-state index contributed by atoms with van der Waals surface area (Å²) in [6.45, 7) is 5.16. The van der Waals surface area contributed by atoms with Gasteiger partial charge in [0.1, 0.15) is 18.7 Å². The third kappa shape index (κ3) is 3.53. The number of carboxylic acid groups (broad SMARTS) is 1. The minimum absolute atomic E-state index is 0.0890. The molecule has 0 atom stereocenters. The number of pyridine rings is 1. The summed E-state index contributed by atoms with van der Waals surface area (Å²) in [6, 6.07) is 1.43. The summed E-state index contributed by atoms with van der Waals surface area (Å²) in [6.07, 6.45) is 4.22. The maximum atomic E-state index is 10.8.